The Labute approximate surface area is 262 Å². The van der Waals surface area contributed by atoms with Crippen LogP contribution >= 0.6 is 0 Å². The van der Waals surface area contributed by atoms with Crippen molar-refractivity contribution in [1.29, 1.82) is 0 Å². The molecule has 0 aliphatic heterocycles. The van der Waals surface area contributed by atoms with Gasteiger partial charge in [-0.2, -0.15) is 31.1 Å². The minimum atomic E-state index is -4.82. The van der Waals surface area contributed by atoms with E-state index < -0.39 is 40.4 Å². The van der Waals surface area contributed by atoms with Gasteiger partial charge in [-0.15, -0.1) is 15.3 Å². The van der Waals surface area contributed by atoms with Gasteiger partial charge in [0.15, 0.2) is 11.6 Å². The van der Waals surface area contributed by atoms with Crippen LogP contribution < -0.4 is 4.74 Å². The lowest BCUT2D eigenvalue weighted by molar-refractivity contribution is -0.137. The third-order valence-electron chi connectivity index (χ3n) is 6.88. The zero-order chi connectivity index (χ0) is 33.2. The lowest BCUT2D eigenvalue weighted by Crippen LogP contribution is -2.09. The Kier molecular flexibility index (Phi) is 8.24. The molecule has 0 saturated heterocycles. The molecule has 3 aromatic heterocycles. The number of nitrogens with zero attached hydrogens (tertiary/aromatic N) is 9. The van der Waals surface area contributed by atoms with Crippen LogP contribution in [0.5, 0.6) is 5.75 Å². The lowest BCUT2D eigenvalue weighted by Gasteiger charge is -2.12. The SMILES string of the molecule is COc1ccc(Cn2nnc(/C(=C/n3nc(-c4ccccc4C(F)(F)F)nc3-c3ccccc3C(F)(F)F)c3cncnc3)n2)cc1. The van der Waals surface area contributed by atoms with Crippen LogP contribution in [0.1, 0.15) is 28.1 Å². The Hall–Kier alpha value is -5.93. The number of ether oxygens (including phenoxy) is 1. The summed E-state index contributed by atoms with van der Waals surface area (Å²) in [6, 6.07) is 16.2. The molecule has 0 radical (unpaired) electrons. The Morgan fingerprint density at radius 3 is 2.04 bits per heavy atom. The maximum Gasteiger partial charge on any atom is 0.417 e. The summed E-state index contributed by atoms with van der Waals surface area (Å²) in [5, 5.41) is 16.9. The molecule has 0 spiro atoms. The minimum Gasteiger partial charge on any atom is -0.497 e. The van der Waals surface area contributed by atoms with Gasteiger partial charge in [-0.1, -0.05) is 48.5 Å². The molecule has 3 heterocycles. The Morgan fingerprint density at radius 1 is 0.787 bits per heavy atom. The van der Waals surface area contributed by atoms with Gasteiger partial charge in [0.25, 0.3) is 0 Å². The van der Waals surface area contributed by atoms with Crippen molar-refractivity contribution in [3.8, 4) is 28.5 Å². The predicted octanol–water partition coefficient (Wildman–Crippen LogP) is 6.53. The van der Waals surface area contributed by atoms with Crippen LogP contribution in [0.25, 0.3) is 34.5 Å². The predicted molar refractivity (Wildman–Crippen MR) is 156 cm³/mol. The first-order valence-electron chi connectivity index (χ1n) is 13.7. The summed E-state index contributed by atoms with van der Waals surface area (Å²) in [6.45, 7) is 0.210. The average molecular weight is 650 g/mol. The highest BCUT2D eigenvalue weighted by molar-refractivity contribution is 5.85. The number of hydrogen-bond donors (Lipinski definition) is 0. The summed E-state index contributed by atoms with van der Waals surface area (Å²) in [5.74, 6) is -0.176. The largest absolute Gasteiger partial charge is 0.497 e. The molecule has 6 aromatic rings. The van der Waals surface area contributed by atoms with Gasteiger partial charge in [0.1, 0.15) is 12.1 Å². The second-order valence-corrected chi connectivity index (χ2v) is 9.95. The average Bonchev–Trinajstić information content (AvgIpc) is 3.71. The summed E-state index contributed by atoms with van der Waals surface area (Å²) < 4.78 is 90.5. The first-order chi connectivity index (χ1) is 22.5. The second kappa shape index (κ2) is 12.5. The van der Waals surface area contributed by atoms with Crippen LogP contribution in [0.4, 0.5) is 26.3 Å². The van der Waals surface area contributed by atoms with Gasteiger partial charge in [-0.25, -0.2) is 19.6 Å². The number of halogens is 6. The van der Waals surface area contributed by atoms with E-state index in [0.717, 1.165) is 34.5 Å². The monoisotopic (exact) mass is 649 g/mol. The molecule has 3 aromatic carbocycles. The third kappa shape index (κ3) is 6.70. The lowest BCUT2D eigenvalue weighted by atomic mass is 10.1. The van der Waals surface area contributed by atoms with Gasteiger partial charge in [-0.05, 0) is 35.0 Å². The number of methoxy groups -OCH3 is 1. The maximum absolute atomic E-state index is 14.2. The number of alkyl halides is 6. The first kappa shape index (κ1) is 31.1. The van der Waals surface area contributed by atoms with Crippen LogP contribution in [-0.4, -0.2) is 52.0 Å². The molecule has 0 amide bonds. The topological polar surface area (TPSA) is 109 Å². The number of rotatable bonds is 8. The van der Waals surface area contributed by atoms with E-state index in [1.807, 2.05) is 12.1 Å². The summed E-state index contributed by atoms with van der Waals surface area (Å²) in [7, 11) is 1.54. The van der Waals surface area contributed by atoms with Gasteiger partial charge in [0.05, 0.1) is 30.4 Å². The zero-order valence-electron chi connectivity index (χ0n) is 24.1. The number of benzene rings is 3. The van der Waals surface area contributed by atoms with E-state index in [1.54, 1.807) is 19.2 Å². The van der Waals surface area contributed by atoms with Crippen LogP contribution in [0.15, 0.2) is 91.5 Å². The molecule has 0 saturated carbocycles. The van der Waals surface area contributed by atoms with Crippen molar-refractivity contribution in [3.63, 3.8) is 0 Å². The molecule has 0 bridgehead atoms. The van der Waals surface area contributed by atoms with Crippen molar-refractivity contribution in [2.24, 2.45) is 0 Å². The molecule has 0 N–H and O–H groups in total. The smallest absolute Gasteiger partial charge is 0.417 e. The van der Waals surface area contributed by atoms with E-state index in [0.29, 0.717) is 11.3 Å². The summed E-state index contributed by atoms with van der Waals surface area (Å²) in [5.41, 5.74) is -1.68. The van der Waals surface area contributed by atoms with E-state index in [1.165, 1.54) is 54.0 Å². The Bertz CT molecular complexity index is 2040. The first-order valence-corrected chi connectivity index (χ1v) is 13.7. The van der Waals surface area contributed by atoms with Crippen LogP contribution in [0.2, 0.25) is 0 Å². The summed E-state index contributed by atoms with van der Waals surface area (Å²) >= 11 is 0. The number of aromatic nitrogens is 9. The number of hydrogen-bond acceptors (Lipinski definition) is 8. The maximum atomic E-state index is 14.2. The Morgan fingerprint density at radius 2 is 1.40 bits per heavy atom. The normalized spacial score (nSPS) is 12.4. The van der Waals surface area contributed by atoms with Crippen molar-refractivity contribution in [3.05, 3.63) is 120 Å². The van der Waals surface area contributed by atoms with Gasteiger partial charge >= 0.3 is 12.4 Å². The van der Waals surface area contributed by atoms with E-state index in [9.17, 15) is 26.3 Å². The minimum absolute atomic E-state index is 0.0103. The third-order valence-corrected chi connectivity index (χ3v) is 6.88. The van der Waals surface area contributed by atoms with E-state index in [2.05, 4.69) is 35.5 Å². The molecule has 0 atom stereocenters. The fraction of sp³-hybridized carbons (Fsp3) is 0.129. The van der Waals surface area contributed by atoms with Crippen molar-refractivity contribution in [2.75, 3.05) is 7.11 Å². The standard InChI is InChI=1S/C31H21F6N9O/c1-47-21-12-10-19(11-13-21)16-46-43-28(41-44-46)24(20-14-38-18-39-15-20)17-45-29(23-7-3-5-9-26(23)31(35,36)37)40-27(42-45)22-6-2-4-8-25(22)30(32,33)34/h2-15,17-18H,16H2,1H3/b24-17+. The Balaban J connectivity index is 1.53. The van der Waals surface area contributed by atoms with Crippen LogP contribution in [0.3, 0.4) is 0 Å². The molecule has 10 nitrogen and oxygen atoms in total. The summed E-state index contributed by atoms with van der Waals surface area (Å²) in [6.07, 6.45) is -4.28. The molecule has 16 heteroatoms. The van der Waals surface area contributed by atoms with Gasteiger partial charge in [0, 0.05) is 35.3 Å². The molecule has 47 heavy (non-hydrogen) atoms. The fourth-order valence-electron chi connectivity index (χ4n) is 4.70. The van der Waals surface area contributed by atoms with E-state index in [4.69, 9.17) is 4.74 Å². The molecular weight excluding hydrogens is 628 g/mol. The molecule has 238 valence electrons. The number of tetrazole rings is 1. The zero-order valence-corrected chi connectivity index (χ0v) is 24.1. The fourth-order valence-corrected chi connectivity index (χ4v) is 4.70. The quantitative estimate of drug-likeness (QED) is 0.171. The van der Waals surface area contributed by atoms with Gasteiger partial charge in [-0.3, -0.25) is 0 Å². The second-order valence-electron chi connectivity index (χ2n) is 9.95. The van der Waals surface area contributed by atoms with Crippen molar-refractivity contribution in [2.45, 2.75) is 18.9 Å². The molecule has 0 fully saturated rings. The molecule has 6 rings (SSSR count). The van der Waals surface area contributed by atoms with E-state index >= 15 is 0 Å². The van der Waals surface area contributed by atoms with Crippen molar-refractivity contribution in [1.82, 2.24) is 44.9 Å². The summed E-state index contributed by atoms with van der Waals surface area (Å²) in [4.78, 5) is 13.5. The van der Waals surface area contributed by atoms with Gasteiger partial charge in [0.2, 0.25) is 5.82 Å². The van der Waals surface area contributed by atoms with Gasteiger partial charge < -0.3 is 4.74 Å². The highest BCUT2D eigenvalue weighted by Crippen LogP contribution is 2.39. The molecule has 0 aliphatic rings. The van der Waals surface area contributed by atoms with Crippen LogP contribution in [-0.2, 0) is 18.9 Å². The molecule has 0 unspecified atom stereocenters. The van der Waals surface area contributed by atoms with Crippen molar-refractivity contribution < 1.29 is 31.1 Å². The van der Waals surface area contributed by atoms with Crippen LogP contribution in [0, 0.1) is 0 Å². The van der Waals surface area contributed by atoms with E-state index in [-0.39, 0.29) is 23.8 Å². The highest BCUT2D eigenvalue weighted by Gasteiger charge is 2.37. The molecule has 0 aliphatic carbocycles. The molecular formula is C31H21F6N9O. The van der Waals surface area contributed by atoms with Crippen molar-refractivity contribution >= 4 is 11.8 Å². The highest BCUT2D eigenvalue weighted by atomic mass is 19.4.